The van der Waals surface area contributed by atoms with Gasteiger partial charge in [0.05, 0.1) is 0 Å². The van der Waals surface area contributed by atoms with Crippen molar-refractivity contribution in [3.8, 4) is 11.5 Å². The molecule has 0 saturated carbocycles. The van der Waals surface area contributed by atoms with Gasteiger partial charge in [0.1, 0.15) is 22.8 Å². The third-order valence-electron chi connectivity index (χ3n) is 4.97. The summed E-state index contributed by atoms with van der Waals surface area (Å²) in [4.78, 5) is 18.7. The molecule has 0 atom stereocenters. The first-order chi connectivity index (χ1) is 13.1. The van der Waals surface area contributed by atoms with Crippen LogP contribution in [-0.4, -0.2) is 42.3 Å². The molecule has 1 aromatic carbocycles. The number of nitrogens with zero attached hydrogens (tertiary/aromatic N) is 2. The van der Waals surface area contributed by atoms with E-state index in [1.807, 2.05) is 12.1 Å². The highest BCUT2D eigenvalue weighted by molar-refractivity contribution is 5.91. The zero-order valence-electron chi connectivity index (χ0n) is 16.0. The minimum atomic E-state index is -0.517. The van der Waals surface area contributed by atoms with Gasteiger partial charge < -0.3 is 14.4 Å². The van der Waals surface area contributed by atoms with E-state index in [0.717, 1.165) is 43.8 Å². The molecule has 1 aromatic rings. The lowest BCUT2D eigenvalue weighted by molar-refractivity contribution is -0.130. The second-order valence-electron chi connectivity index (χ2n) is 6.70. The Balaban J connectivity index is 1.72. The van der Waals surface area contributed by atoms with Crippen molar-refractivity contribution >= 4 is 18.3 Å². The molecule has 1 saturated heterocycles. The van der Waals surface area contributed by atoms with Gasteiger partial charge in [0.15, 0.2) is 0 Å². The predicted molar refractivity (Wildman–Crippen MR) is 108 cm³/mol. The van der Waals surface area contributed by atoms with Crippen molar-refractivity contribution in [1.82, 2.24) is 4.90 Å². The van der Waals surface area contributed by atoms with Crippen LogP contribution in [0.4, 0.5) is 0 Å². The SMILES string of the molecule is C=C/C=C(\N=C/C)C(=O)Oc1ccc2c(c1)C=CC1(CCN(CC)CC1)O2. The third kappa shape index (κ3) is 4.37. The predicted octanol–water partition coefficient (Wildman–Crippen LogP) is 4.01. The molecule has 5 nitrogen and oxygen atoms in total. The summed E-state index contributed by atoms with van der Waals surface area (Å²) < 4.78 is 11.8. The topological polar surface area (TPSA) is 51.1 Å². The summed E-state index contributed by atoms with van der Waals surface area (Å²) >= 11 is 0. The van der Waals surface area contributed by atoms with Crippen LogP contribution < -0.4 is 9.47 Å². The molecule has 2 aliphatic rings. The van der Waals surface area contributed by atoms with Gasteiger partial charge in [0.2, 0.25) is 0 Å². The van der Waals surface area contributed by atoms with Crippen LogP contribution in [0.1, 0.15) is 32.3 Å². The van der Waals surface area contributed by atoms with E-state index >= 15 is 0 Å². The maximum atomic E-state index is 12.3. The fraction of sp³-hybridized carbons (Fsp3) is 0.364. The van der Waals surface area contributed by atoms with Crippen LogP contribution in [-0.2, 0) is 4.79 Å². The zero-order valence-corrected chi connectivity index (χ0v) is 16.0. The van der Waals surface area contributed by atoms with E-state index in [1.165, 1.54) is 12.2 Å². The molecular formula is C22H26N2O3. The molecule has 3 rings (SSSR count). The Hall–Kier alpha value is -2.66. The second kappa shape index (κ2) is 8.35. The van der Waals surface area contributed by atoms with Crippen LogP contribution in [0.15, 0.2) is 53.7 Å². The number of carbonyl (C=O) groups excluding carboxylic acids is 1. The molecule has 2 heterocycles. The van der Waals surface area contributed by atoms with E-state index in [0.29, 0.717) is 5.75 Å². The second-order valence-corrected chi connectivity index (χ2v) is 6.70. The molecule has 0 amide bonds. The van der Waals surface area contributed by atoms with Crippen molar-refractivity contribution in [2.45, 2.75) is 32.3 Å². The number of benzene rings is 1. The normalized spacial score (nSPS) is 19.0. The number of likely N-dealkylation sites (tertiary alicyclic amines) is 1. The zero-order chi connectivity index (χ0) is 19.3. The Labute approximate surface area is 160 Å². The van der Waals surface area contributed by atoms with Gasteiger partial charge in [-0.05, 0) is 43.8 Å². The van der Waals surface area contributed by atoms with Crippen molar-refractivity contribution in [1.29, 1.82) is 0 Å². The molecule has 142 valence electrons. The number of esters is 1. The highest BCUT2D eigenvalue weighted by Gasteiger charge is 2.36. The van der Waals surface area contributed by atoms with Gasteiger partial charge in [-0.25, -0.2) is 4.79 Å². The Bertz CT molecular complexity index is 800. The smallest absolute Gasteiger partial charge is 0.362 e. The quantitative estimate of drug-likeness (QED) is 0.260. The van der Waals surface area contributed by atoms with Crippen LogP contribution in [0.3, 0.4) is 0 Å². The maximum absolute atomic E-state index is 12.3. The molecule has 0 aliphatic carbocycles. The summed E-state index contributed by atoms with van der Waals surface area (Å²) in [6.07, 6.45) is 10.8. The first-order valence-corrected chi connectivity index (χ1v) is 9.37. The standard InChI is InChI=1S/C22H26N2O3/c1-4-7-19(23-5-2)21(25)26-18-8-9-20-17(16-18)10-11-22(27-20)12-14-24(6-3)15-13-22/h4-5,7-11,16H,1,6,12-15H2,2-3H3/b19-7-,23-5-. The monoisotopic (exact) mass is 366 g/mol. The van der Waals surface area contributed by atoms with Gasteiger partial charge in [-0.15, -0.1) is 0 Å². The maximum Gasteiger partial charge on any atom is 0.362 e. The van der Waals surface area contributed by atoms with Crippen LogP contribution in [0.2, 0.25) is 0 Å². The molecule has 2 aliphatic heterocycles. The number of hydrogen-bond donors (Lipinski definition) is 0. The van der Waals surface area contributed by atoms with Crippen molar-refractivity contribution in [3.05, 3.63) is 54.3 Å². The van der Waals surface area contributed by atoms with Crippen molar-refractivity contribution in [2.75, 3.05) is 19.6 Å². The first-order valence-electron chi connectivity index (χ1n) is 9.37. The van der Waals surface area contributed by atoms with Crippen LogP contribution in [0, 0.1) is 0 Å². The molecule has 5 heteroatoms. The molecule has 0 unspecified atom stereocenters. The summed E-state index contributed by atoms with van der Waals surface area (Å²) in [5.74, 6) is 0.776. The van der Waals surface area contributed by atoms with E-state index in [4.69, 9.17) is 9.47 Å². The minimum absolute atomic E-state index is 0.207. The third-order valence-corrected chi connectivity index (χ3v) is 4.97. The number of fused-ring (bicyclic) bond motifs is 1. The largest absolute Gasteiger partial charge is 0.482 e. The van der Waals surface area contributed by atoms with Crippen molar-refractivity contribution < 1.29 is 14.3 Å². The van der Waals surface area contributed by atoms with Gasteiger partial charge in [-0.1, -0.05) is 25.7 Å². The van der Waals surface area contributed by atoms with Gasteiger partial charge in [0, 0.05) is 37.7 Å². The lowest BCUT2D eigenvalue weighted by atomic mass is 9.88. The van der Waals surface area contributed by atoms with Gasteiger partial charge in [-0.2, -0.15) is 0 Å². The number of allylic oxidation sites excluding steroid dienone is 2. The Morgan fingerprint density at radius 1 is 1.41 bits per heavy atom. The van der Waals surface area contributed by atoms with E-state index < -0.39 is 5.97 Å². The Morgan fingerprint density at radius 2 is 2.19 bits per heavy atom. The molecular weight excluding hydrogens is 340 g/mol. The minimum Gasteiger partial charge on any atom is -0.482 e. The number of carbonyl (C=O) groups is 1. The van der Waals surface area contributed by atoms with Gasteiger partial charge in [-0.3, -0.25) is 4.99 Å². The Morgan fingerprint density at radius 3 is 2.85 bits per heavy atom. The lowest BCUT2D eigenvalue weighted by Crippen LogP contribution is -2.47. The summed E-state index contributed by atoms with van der Waals surface area (Å²) in [5.41, 5.74) is 0.905. The average Bonchev–Trinajstić information content (AvgIpc) is 2.68. The number of rotatable bonds is 5. The molecule has 1 fully saturated rings. The number of ether oxygens (including phenoxy) is 2. The van der Waals surface area contributed by atoms with Crippen LogP contribution in [0.5, 0.6) is 11.5 Å². The fourth-order valence-electron chi connectivity index (χ4n) is 3.40. The Kier molecular flexibility index (Phi) is 5.91. The molecule has 0 bridgehead atoms. The van der Waals surface area contributed by atoms with Gasteiger partial charge in [0.25, 0.3) is 0 Å². The lowest BCUT2D eigenvalue weighted by Gasteiger charge is -2.41. The van der Waals surface area contributed by atoms with Crippen LogP contribution >= 0.6 is 0 Å². The molecule has 0 aromatic heterocycles. The highest BCUT2D eigenvalue weighted by atomic mass is 16.5. The number of hydrogen-bond acceptors (Lipinski definition) is 5. The number of aliphatic imine (C=N–C) groups is 1. The van der Waals surface area contributed by atoms with E-state index in [2.05, 4.69) is 35.5 Å². The summed E-state index contributed by atoms with van der Waals surface area (Å²) in [7, 11) is 0. The van der Waals surface area contributed by atoms with Crippen molar-refractivity contribution in [2.24, 2.45) is 4.99 Å². The van der Waals surface area contributed by atoms with Crippen LogP contribution in [0.25, 0.3) is 6.08 Å². The van der Waals surface area contributed by atoms with E-state index in [1.54, 1.807) is 19.2 Å². The molecule has 0 radical (unpaired) electrons. The van der Waals surface area contributed by atoms with E-state index in [9.17, 15) is 4.79 Å². The van der Waals surface area contributed by atoms with E-state index in [-0.39, 0.29) is 11.3 Å². The van der Waals surface area contributed by atoms with Gasteiger partial charge >= 0.3 is 5.97 Å². The molecule has 1 spiro atoms. The summed E-state index contributed by atoms with van der Waals surface area (Å²) in [5, 5.41) is 0. The number of piperidine rings is 1. The van der Waals surface area contributed by atoms with Crippen molar-refractivity contribution in [3.63, 3.8) is 0 Å². The molecule has 0 N–H and O–H groups in total. The summed E-state index contributed by atoms with van der Waals surface area (Å²) in [6.45, 7) is 10.7. The highest BCUT2D eigenvalue weighted by Crippen LogP contribution is 2.38. The molecule has 27 heavy (non-hydrogen) atoms. The first kappa shape index (κ1) is 19.1. The average molecular weight is 366 g/mol. The fourth-order valence-corrected chi connectivity index (χ4v) is 3.40. The summed E-state index contributed by atoms with van der Waals surface area (Å²) in [6, 6.07) is 5.44.